The number of amides is 1. The van der Waals surface area contributed by atoms with Gasteiger partial charge in [-0.2, -0.15) is 0 Å². The molecular weight excluding hydrogens is 338 g/mol. The standard InChI is InChI=1S/C16H15N7OS/c17-10-2-1-3-11(6-10)22-16(24)12-7-23(4-5-25-12)15-13-14(19-8-18-13)20-9-21-15/h1-3,6-9H,4-5,17H2,(H,22,24)(H,18,19,20,21). The first-order valence-corrected chi connectivity index (χ1v) is 8.61. The lowest BCUT2D eigenvalue weighted by Gasteiger charge is -2.25. The molecule has 1 aromatic carbocycles. The third-order valence-electron chi connectivity index (χ3n) is 3.71. The number of aromatic amines is 1. The van der Waals surface area contributed by atoms with E-state index in [1.165, 1.54) is 18.1 Å². The molecule has 1 aliphatic rings. The summed E-state index contributed by atoms with van der Waals surface area (Å²) in [6.45, 7) is 0.741. The first-order chi connectivity index (χ1) is 12.2. The molecule has 1 aliphatic heterocycles. The van der Waals surface area contributed by atoms with Crippen LogP contribution in [0.5, 0.6) is 0 Å². The molecule has 0 radical (unpaired) electrons. The van der Waals surface area contributed by atoms with Crippen molar-refractivity contribution in [1.82, 2.24) is 19.9 Å². The highest BCUT2D eigenvalue weighted by Gasteiger charge is 2.21. The third kappa shape index (κ3) is 3.13. The van der Waals surface area contributed by atoms with Crippen LogP contribution in [0.4, 0.5) is 17.2 Å². The summed E-state index contributed by atoms with van der Waals surface area (Å²) in [4.78, 5) is 30.7. The van der Waals surface area contributed by atoms with Gasteiger partial charge in [0, 0.05) is 29.9 Å². The summed E-state index contributed by atoms with van der Waals surface area (Å²) in [6.07, 6.45) is 4.86. The second-order valence-electron chi connectivity index (χ2n) is 5.41. The average molecular weight is 353 g/mol. The number of benzene rings is 1. The SMILES string of the molecule is Nc1cccc(NC(=O)C2=CN(c3ncnc4nc[nH]c34)CCS2)c1. The van der Waals surface area contributed by atoms with Gasteiger partial charge in [0.15, 0.2) is 11.5 Å². The van der Waals surface area contributed by atoms with Crippen molar-refractivity contribution >= 4 is 46.0 Å². The van der Waals surface area contributed by atoms with E-state index in [4.69, 9.17) is 5.73 Å². The molecule has 9 heteroatoms. The van der Waals surface area contributed by atoms with Crippen LogP contribution in [0.3, 0.4) is 0 Å². The van der Waals surface area contributed by atoms with E-state index in [1.54, 1.807) is 36.8 Å². The molecule has 0 aliphatic carbocycles. The van der Waals surface area contributed by atoms with Crippen molar-refractivity contribution in [2.24, 2.45) is 0 Å². The Labute approximate surface area is 147 Å². The lowest BCUT2D eigenvalue weighted by atomic mass is 10.3. The highest BCUT2D eigenvalue weighted by Crippen LogP contribution is 2.28. The molecule has 0 spiro atoms. The molecule has 0 bridgehead atoms. The molecule has 126 valence electrons. The van der Waals surface area contributed by atoms with Gasteiger partial charge in [-0.15, -0.1) is 11.8 Å². The van der Waals surface area contributed by atoms with Gasteiger partial charge in [-0.1, -0.05) is 6.07 Å². The zero-order chi connectivity index (χ0) is 17.2. The Kier molecular flexibility index (Phi) is 3.98. The van der Waals surface area contributed by atoms with Gasteiger partial charge in [-0.25, -0.2) is 15.0 Å². The van der Waals surface area contributed by atoms with Crippen LogP contribution < -0.4 is 16.0 Å². The Morgan fingerprint density at radius 2 is 2.24 bits per heavy atom. The number of carbonyl (C=O) groups is 1. The third-order valence-corrected chi connectivity index (χ3v) is 4.69. The Bertz CT molecular complexity index is 968. The molecular formula is C16H15N7OS. The summed E-state index contributed by atoms with van der Waals surface area (Å²) >= 11 is 1.51. The molecule has 8 nitrogen and oxygen atoms in total. The minimum absolute atomic E-state index is 0.171. The monoisotopic (exact) mass is 353 g/mol. The van der Waals surface area contributed by atoms with E-state index in [-0.39, 0.29) is 5.91 Å². The fourth-order valence-corrected chi connectivity index (χ4v) is 3.46. The van der Waals surface area contributed by atoms with Gasteiger partial charge in [0.25, 0.3) is 5.91 Å². The van der Waals surface area contributed by atoms with E-state index in [0.717, 1.165) is 17.8 Å². The molecule has 0 atom stereocenters. The van der Waals surface area contributed by atoms with Crippen LogP contribution in [-0.4, -0.2) is 38.1 Å². The van der Waals surface area contributed by atoms with E-state index in [0.29, 0.717) is 27.7 Å². The van der Waals surface area contributed by atoms with Gasteiger partial charge in [-0.05, 0) is 18.2 Å². The lowest BCUT2D eigenvalue weighted by Crippen LogP contribution is -2.27. The normalized spacial score (nSPS) is 14.4. The number of nitrogen functional groups attached to an aromatic ring is 1. The number of carbonyl (C=O) groups excluding carboxylic acids is 1. The van der Waals surface area contributed by atoms with Crippen LogP contribution in [0.1, 0.15) is 0 Å². The Balaban J connectivity index is 1.60. The van der Waals surface area contributed by atoms with Crippen molar-refractivity contribution in [3.05, 3.63) is 48.0 Å². The predicted molar refractivity (Wildman–Crippen MR) is 99.1 cm³/mol. The maximum absolute atomic E-state index is 12.5. The predicted octanol–water partition coefficient (Wildman–Crippen LogP) is 1.97. The molecule has 2 aromatic heterocycles. The number of nitrogens with one attached hydrogen (secondary N) is 2. The number of nitrogens with two attached hydrogens (primary N) is 1. The second-order valence-corrected chi connectivity index (χ2v) is 6.55. The fourth-order valence-electron chi connectivity index (χ4n) is 2.57. The van der Waals surface area contributed by atoms with E-state index < -0.39 is 0 Å². The Morgan fingerprint density at radius 3 is 3.12 bits per heavy atom. The van der Waals surface area contributed by atoms with Gasteiger partial charge >= 0.3 is 0 Å². The number of thioether (sulfide) groups is 1. The summed E-state index contributed by atoms with van der Waals surface area (Å²) in [5, 5.41) is 2.87. The van der Waals surface area contributed by atoms with Crippen molar-refractivity contribution in [2.45, 2.75) is 0 Å². The van der Waals surface area contributed by atoms with Gasteiger partial charge < -0.3 is 20.9 Å². The van der Waals surface area contributed by atoms with Crippen molar-refractivity contribution in [1.29, 1.82) is 0 Å². The quantitative estimate of drug-likeness (QED) is 0.617. The maximum atomic E-state index is 12.5. The summed E-state index contributed by atoms with van der Waals surface area (Å²) in [6, 6.07) is 7.10. The number of rotatable bonds is 3. The minimum atomic E-state index is -0.171. The topological polar surface area (TPSA) is 113 Å². The molecule has 0 saturated carbocycles. The fraction of sp³-hybridized carbons (Fsp3) is 0.125. The number of imidazole rings is 1. The summed E-state index contributed by atoms with van der Waals surface area (Å²) in [5.74, 6) is 1.31. The van der Waals surface area contributed by atoms with Crippen molar-refractivity contribution in [3.8, 4) is 0 Å². The molecule has 1 amide bonds. The van der Waals surface area contributed by atoms with Crippen LogP contribution in [0, 0.1) is 0 Å². The number of nitrogens with zero attached hydrogens (tertiary/aromatic N) is 4. The number of hydrogen-bond donors (Lipinski definition) is 3. The van der Waals surface area contributed by atoms with Crippen molar-refractivity contribution in [2.75, 3.05) is 28.2 Å². The molecule has 25 heavy (non-hydrogen) atoms. The van der Waals surface area contributed by atoms with Crippen LogP contribution in [0.25, 0.3) is 11.2 Å². The van der Waals surface area contributed by atoms with Crippen molar-refractivity contribution < 1.29 is 4.79 Å². The van der Waals surface area contributed by atoms with Crippen LogP contribution in [-0.2, 0) is 4.79 Å². The molecule has 0 unspecified atom stereocenters. The van der Waals surface area contributed by atoms with E-state index in [1.807, 2.05) is 4.90 Å². The summed E-state index contributed by atoms with van der Waals surface area (Å²) < 4.78 is 0. The van der Waals surface area contributed by atoms with E-state index in [9.17, 15) is 4.79 Å². The van der Waals surface area contributed by atoms with Gasteiger partial charge in [0.1, 0.15) is 11.8 Å². The van der Waals surface area contributed by atoms with Crippen LogP contribution >= 0.6 is 11.8 Å². The average Bonchev–Trinajstić information content (AvgIpc) is 3.10. The second kappa shape index (κ2) is 6.44. The minimum Gasteiger partial charge on any atom is -0.399 e. The van der Waals surface area contributed by atoms with Crippen LogP contribution in [0.2, 0.25) is 0 Å². The number of H-pyrrole nitrogens is 1. The first kappa shape index (κ1) is 15.5. The van der Waals surface area contributed by atoms with Crippen LogP contribution in [0.15, 0.2) is 48.0 Å². The van der Waals surface area contributed by atoms with E-state index >= 15 is 0 Å². The summed E-state index contributed by atoms with van der Waals surface area (Å²) in [7, 11) is 0. The Hall–Kier alpha value is -3.07. The molecule has 4 N–H and O–H groups in total. The lowest BCUT2D eigenvalue weighted by molar-refractivity contribution is -0.112. The van der Waals surface area contributed by atoms with Gasteiger partial charge in [0.05, 0.1) is 11.2 Å². The van der Waals surface area contributed by atoms with E-state index in [2.05, 4.69) is 25.3 Å². The number of fused-ring (bicyclic) bond motifs is 1. The molecule has 0 fully saturated rings. The zero-order valence-electron chi connectivity index (χ0n) is 13.1. The smallest absolute Gasteiger partial charge is 0.263 e. The molecule has 4 rings (SSSR count). The number of hydrogen-bond acceptors (Lipinski definition) is 7. The maximum Gasteiger partial charge on any atom is 0.263 e. The van der Waals surface area contributed by atoms with Gasteiger partial charge in [0.2, 0.25) is 0 Å². The molecule has 3 aromatic rings. The number of aromatic nitrogens is 4. The number of anilines is 3. The largest absolute Gasteiger partial charge is 0.399 e. The van der Waals surface area contributed by atoms with Crippen molar-refractivity contribution in [3.63, 3.8) is 0 Å². The highest BCUT2D eigenvalue weighted by atomic mass is 32.2. The summed E-state index contributed by atoms with van der Waals surface area (Å²) in [5.41, 5.74) is 8.37. The molecule has 3 heterocycles. The first-order valence-electron chi connectivity index (χ1n) is 7.63. The van der Waals surface area contributed by atoms with Gasteiger partial charge in [-0.3, -0.25) is 4.79 Å². The highest BCUT2D eigenvalue weighted by molar-refractivity contribution is 8.04. The zero-order valence-corrected chi connectivity index (χ0v) is 14.0. The Morgan fingerprint density at radius 1 is 1.32 bits per heavy atom. The molecule has 0 saturated heterocycles.